The van der Waals surface area contributed by atoms with Gasteiger partial charge in [-0.05, 0) is 18.9 Å². The summed E-state index contributed by atoms with van der Waals surface area (Å²) < 4.78 is 22.7. The van der Waals surface area contributed by atoms with E-state index in [2.05, 4.69) is 6.08 Å². The first-order valence-electron chi connectivity index (χ1n) is 6.62. The molecule has 0 aromatic heterocycles. The second-order valence-corrected chi connectivity index (χ2v) is 5.46. The Morgan fingerprint density at radius 1 is 1.47 bits per heavy atom. The third-order valence-electron chi connectivity index (χ3n) is 4.67. The Balaban J connectivity index is 1.75. The summed E-state index contributed by atoms with van der Waals surface area (Å²) in [5.74, 6) is 0.0492. The molecule has 5 nitrogen and oxygen atoms in total. The first-order chi connectivity index (χ1) is 9.19. The molecule has 19 heavy (non-hydrogen) atoms. The van der Waals surface area contributed by atoms with Gasteiger partial charge in [-0.2, -0.15) is 0 Å². The molecule has 3 aliphatic heterocycles. The van der Waals surface area contributed by atoms with Crippen molar-refractivity contribution in [3.63, 3.8) is 0 Å². The standard InChI is InChI=1S/C14H16O5/c1-3-8-11-14(19-12(8)15)5-4-7-6-9(16-2)17-13(18-11)10(7)14/h3-5,7,9-11,13H,6H2,1-2H3/b8-3-. The van der Waals surface area contributed by atoms with E-state index < -0.39 is 5.60 Å². The van der Waals surface area contributed by atoms with Crippen LogP contribution in [0.5, 0.6) is 0 Å². The van der Waals surface area contributed by atoms with Crippen LogP contribution in [-0.4, -0.2) is 37.4 Å². The molecule has 0 amide bonds. The quantitative estimate of drug-likeness (QED) is 0.404. The minimum absolute atomic E-state index is 0.0466. The minimum Gasteiger partial charge on any atom is -0.448 e. The van der Waals surface area contributed by atoms with Gasteiger partial charge >= 0.3 is 5.97 Å². The summed E-state index contributed by atoms with van der Waals surface area (Å²) >= 11 is 0. The van der Waals surface area contributed by atoms with Gasteiger partial charge < -0.3 is 18.9 Å². The normalized spacial score (nSPS) is 52.4. The lowest BCUT2D eigenvalue weighted by atomic mass is 9.80. The Kier molecular flexibility index (Phi) is 2.26. The highest BCUT2D eigenvalue weighted by molar-refractivity contribution is 5.93. The van der Waals surface area contributed by atoms with Crippen LogP contribution < -0.4 is 0 Å². The Morgan fingerprint density at radius 3 is 3.05 bits per heavy atom. The number of rotatable bonds is 1. The number of allylic oxidation sites excluding steroid dienone is 2. The molecule has 4 rings (SSSR count). The molecule has 0 radical (unpaired) electrons. The molecule has 0 saturated carbocycles. The summed E-state index contributed by atoms with van der Waals surface area (Å²) in [6.07, 6.45) is 5.68. The highest BCUT2D eigenvalue weighted by Crippen LogP contribution is 2.57. The lowest BCUT2D eigenvalue weighted by Gasteiger charge is -2.36. The van der Waals surface area contributed by atoms with Gasteiger partial charge in [0.05, 0.1) is 11.5 Å². The van der Waals surface area contributed by atoms with Gasteiger partial charge in [-0.25, -0.2) is 4.79 Å². The molecule has 6 unspecified atom stereocenters. The summed E-state index contributed by atoms with van der Waals surface area (Å²) in [5.41, 5.74) is -0.0651. The summed E-state index contributed by atoms with van der Waals surface area (Å²) in [6.45, 7) is 1.83. The molecular weight excluding hydrogens is 248 g/mol. The Labute approximate surface area is 111 Å². The minimum atomic E-state index is -0.660. The Morgan fingerprint density at radius 2 is 2.32 bits per heavy atom. The summed E-state index contributed by atoms with van der Waals surface area (Å²) in [6, 6.07) is 0. The second-order valence-electron chi connectivity index (χ2n) is 5.46. The van der Waals surface area contributed by atoms with E-state index in [9.17, 15) is 4.79 Å². The highest BCUT2D eigenvalue weighted by Gasteiger charge is 2.69. The maximum Gasteiger partial charge on any atom is 0.337 e. The predicted octanol–water partition coefficient (Wildman–Crippen LogP) is 1.15. The largest absolute Gasteiger partial charge is 0.448 e. The van der Waals surface area contributed by atoms with E-state index in [1.165, 1.54) is 0 Å². The van der Waals surface area contributed by atoms with E-state index in [0.29, 0.717) is 5.57 Å². The van der Waals surface area contributed by atoms with E-state index >= 15 is 0 Å². The van der Waals surface area contributed by atoms with Crippen molar-refractivity contribution in [2.24, 2.45) is 11.8 Å². The van der Waals surface area contributed by atoms with E-state index in [0.717, 1.165) is 6.42 Å². The zero-order valence-electron chi connectivity index (χ0n) is 10.9. The van der Waals surface area contributed by atoms with Crippen LogP contribution in [0.15, 0.2) is 23.8 Å². The number of ether oxygens (including phenoxy) is 4. The molecule has 3 saturated heterocycles. The molecule has 3 heterocycles. The molecule has 6 atom stereocenters. The maximum absolute atomic E-state index is 11.9. The van der Waals surface area contributed by atoms with Crippen molar-refractivity contribution in [2.75, 3.05) is 7.11 Å². The van der Waals surface area contributed by atoms with Gasteiger partial charge in [0.1, 0.15) is 6.10 Å². The van der Waals surface area contributed by atoms with Gasteiger partial charge in [0, 0.05) is 13.5 Å². The summed E-state index contributed by atoms with van der Waals surface area (Å²) in [5, 5.41) is 0. The first kappa shape index (κ1) is 11.6. The van der Waals surface area contributed by atoms with Crippen molar-refractivity contribution in [3.05, 3.63) is 23.8 Å². The van der Waals surface area contributed by atoms with Crippen LogP contribution in [0.1, 0.15) is 13.3 Å². The van der Waals surface area contributed by atoms with E-state index in [1.807, 2.05) is 13.0 Å². The lowest BCUT2D eigenvalue weighted by Crippen LogP contribution is -2.46. The Bertz CT molecular complexity index is 496. The third kappa shape index (κ3) is 1.28. The molecule has 3 fully saturated rings. The van der Waals surface area contributed by atoms with E-state index in [-0.39, 0.29) is 36.5 Å². The van der Waals surface area contributed by atoms with Crippen molar-refractivity contribution in [2.45, 2.75) is 37.6 Å². The average molecular weight is 264 g/mol. The van der Waals surface area contributed by atoms with Crippen LogP contribution in [0.25, 0.3) is 0 Å². The monoisotopic (exact) mass is 264 g/mol. The lowest BCUT2D eigenvalue weighted by molar-refractivity contribution is -0.271. The molecule has 0 aromatic rings. The molecule has 5 heteroatoms. The fraction of sp³-hybridized carbons (Fsp3) is 0.643. The molecule has 0 N–H and O–H groups in total. The molecule has 0 bridgehead atoms. The van der Waals surface area contributed by atoms with Gasteiger partial charge in [-0.1, -0.05) is 12.2 Å². The smallest absolute Gasteiger partial charge is 0.337 e. The molecule has 4 aliphatic rings. The van der Waals surface area contributed by atoms with Crippen LogP contribution in [-0.2, 0) is 23.7 Å². The van der Waals surface area contributed by atoms with Crippen molar-refractivity contribution in [1.82, 2.24) is 0 Å². The van der Waals surface area contributed by atoms with Crippen molar-refractivity contribution < 1.29 is 23.7 Å². The van der Waals surface area contributed by atoms with Gasteiger partial charge in [0.15, 0.2) is 18.2 Å². The average Bonchev–Trinajstić information content (AvgIpc) is 2.99. The predicted molar refractivity (Wildman–Crippen MR) is 63.9 cm³/mol. The van der Waals surface area contributed by atoms with Crippen LogP contribution in [0, 0.1) is 11.8 Å². The van der Waals surface area contributed by atoms with Crippen molar-refractivity contribution in [1.29, 1.82) is 0 Å². The fourth-order valence-electron chi connectivity index (χ4n) is 3.83. The van der Waals surface area contributed by atoms with Crippen molar-refractivity contribution >= 4 is 5.97 Å². The third-order valence-corrected chi connectivity index (χ3v) is 4.67. The van der Waals surface area contributed by atoms with Crippen LogP contribution in [0.4, 0.5) is 0 Å². The zero-order chi connectivity index (χ0) is 13.2. The van der Waals surface area contributed by atoms with Gasteiger partial charge in [0.25, 0.3) is 0 Å². The van der Waals surface area contributed by atoms with Crippen LogP contribution in [0.3, 0.4) is 0 Å². The SMILES string of the molecule is C/C=C1\C(=O)OC23C=CC4CC(OC)OC(OC12)C43. The number of methoxy groups -OCH3 is 1. The van der Waals surface area contributed by atoms with Crippen LogP contribution >= 0.6 is 0 Å². The van der Waals surface area contributed by atoms with E-state index in [1.54, 1.807) is 13.2 Å². The van der Waals surface area contributed by atoms with E-state index in [4.69, 9.17) is 18.9 Å². The maximum atomic E-state index is 11.9. The van der Waals surface area contributed by atoms with Gasteiger partial charge in [-0.15, -0.1) is 0 Å². The first-order valence-corrected chi connectivity index (χ1v) is 6.62. The molecule has 1 aliphatic carbocycles. The molecule has 102 valence electrons. The number of hydrogen-bond acceptors (Lipinski definition) is 5. The topological polar surface area (TPSA) is 54.0 Å². The second kappa shape index (κ2) is 3.69. The molecule has 0 aromatic carbocycles. The van der Waals surface area contributed by atoms with Crippen molar-refractivity contribution in [3.8, 4) is 0 Å². The number of carbonyl (C=O) groups is 1. The summed E-state index contributed by atoms with van der Waals surface area (Å²) in [4.78, 5) is 11.9. The fourth-order valence-corrected chi connectivity index (χ4v) is 3.83. The number of carbonyl (C=O) groups excluding carboxylic acids is 1. The van der Waals surface area contributed by atoms with Gasteiger partial charge in [0.2, 0.25) is 0 Å². The number of hydrogen-bond donors (Lipinski definition) is 0. The van der Waals surface area contributed by atoms with Crippen LogP contribution in [0.2, 0.25) is 0 Å². The summed E-state index contributed by atoms with van der Waals surface area (Å²) in [7, 11) is 1.63. The van der Waals surface area contributed by atoms with Gasteiger partial charge in [-0.3, -0.25) is 0 Å². The zero-order valence-corrected chi connectivity index (χ0v) is 10.9. The molecular formula is C14H16O5. The Hall–Kier alpha value is -1.17. The molecule has 1 spiro atoms. The highest BCUT2D eigenvalue weighted by atomic mass is 16.8. The number of esters is 1.